The lowest BCUT2D eigenvalue weighted by Crippen LogP contribution is -2.30. The van der Waals surface area contributed by atoms with Crippen LogP contribution in [0.25, 0.3) is 11.0 Å². The van der Waals surface area contributed by atoms with Gasteiger partial charge in [-0.25, -0.2) is 9.97 Å². The highest BCUT2D eigenvalue weighted by molar-refractivity contribution is 6.29. The van der Waals surface area contributed by atoms with Gasteiger partial charge in [0.25, 0.3) is 5.91 Å². The summed E-state index contributed by atoms with van der Waals surface area (Å²) in [6.45, 7) is 3.36. The van der Waals surface area contributed by atoms with E-state index in [0.717, 1.165) is 10.9 Å². The molecule has 3 heterocycles. The molecule has 0 saturated heterocycles. The minimum atomic E-state index is -0.913. The normalized spacial score (nSPS) is 16.2. The number of Topliss-reactive ketones (excluding diaryl/α,β-unsaturated/α-hetero) is 1. The van der Waals surface area contributed by atoms with Gasteiger partial charge in [0.1, 0.15) is 16.8 Å². The third kappa shape index (κ3) is 4.06. The highest BCUT2D eigenvalue weighted by Crippen LogP contribution is 2.39. The molecule has 1 aliphatic heterocycles. The number of carbonyl (C=O) groups excluding carboxylic acids is 2. The fourth-order valence-electron chi connectivity index (χ4n) is 3.72. The Hall–Kier alpha value is -2.83. The van der Waals surface area contributed by atoms with Crippen molar-refractivity contribution in [3.05, 3.63) is 64.8 Å². The summed E-state index contributed by atoms with van der Waals surface area (Å²) < 4.78 is 0. The standard InChI is InChI=1S/C23H22ClN3O3/c1-23(2,30)12-11-15(28)13-18-16-5-3-4-6-17(16)22(29)27(18)20-10-8-14-7-9-19(24)25-21(14)26-20/h3-10,18,30H,11-13H2,1-2H3/t18-/m1/s1. The Bertz CT molecular complexity index is 1140. The molecular formula is C23H22ClN3O3. The number of rotatable bonds is 6. The molecule has 0 saturated carbocycles. The van der Waals surface area contributed by atoms with Crippen molar-refractivity contribution in [3.8, 4) is 0 Å². The number of aliphatic hydroxyl groups is 1. The Morgan fingerprint density at radius 3 is 2.63 bits per heavy atom. The molecule has 3 aromatic rings. The second-order valence-electron chi connectivity index (χ2n) is 8.18. The van der Waals surface area contributed by atoms with Gasteiger partial charge in [-0.05, 0) is 56.2 Å². The van der Waals surface area contributed by atoms with Gasteiger partial charge in [0.05, 0.1) is 11.6 Å². The van der Waals surface area contributed by atoms with Crippen molar-refractivity contribution < 1.29 is 14.7 Å². The Kier molecular flexibility index (Phi) is 5.30. The maximum absolute atomic E-state index is 13.2. The Labute approximate surface area is 179 Å². The molecule has 0 aliphatic carbocycles. The van der Waals surface area contributed by atoms with Crippen LogP contribution in [0.4, 0.5) is 5.82 Å². The van der Waals surface area contributed by atoms with Crippen molar-refractivity contribution in [1.29, 1.82) is 0 Å². The molecular weight excluding hydrogens is 402 g/mol. The number of amides is 1. The van der Waals surface area contributed by atoms with Gasteiger partial charge in [-0.1, -0.05) is 29.8 Å². The predicted molar refractivity (Wildman–Crippen MR) is 116 cm³/mol. The fourth-order valence-corrected chi connectivity index (χ4v) is 3.86. The number of hydrogen-bond donors (Lipinski definition) is 1. The van der Waals surface area contributed by atoms with Crippen LogP contribution < -0.4 is 4.90 Å². The van der Waals surface area contributed by atoms with Gasteiger partial charge < -0.3 is 5.11 Å². The molecule has 0 spiro atoms. The number of carbonyl (C=O) groups is 2. The van der Waals surface area contributed by atoms with E-state index in [9.17, 15) is 14.7 Å². The third-order valence-electron chi connectivity index (χ3n) is 5.27. The number of aromatic nitrogens is 2. The summed E-state index contributed by atoms with van der Waals surface area (Å²) in [5.74, 6) is 0.220. The molecule has 4 rings (SSSR count). The minimum Gasteiger partial charge on any atom is -0.390 e. The van der Waals surface area contributed by atoms with E-state index in [-0.39, 0.29) is 24.5 Å². The van der Waals surface area contributed by atoms with Gasteiger partial charge >= 0.3 is 0 Å². The SMILES string of the molecule is CC(C)(O)CCC(=O)C[C@@H]1c2ccccc2C(=O)N1c1ccc2ccc(Cl)nc2n1. The summed E-state index contributed by atoms with van der Waals surface area (Å²) >= 11 is 6.00. The van der Waals surface area contributed by atoms with Crippen molar-refractivity contribution in [3.63, 3.8) is 0 Å². The Morgan fingerprint density at radius 2 is 1.87 bits per heavy atom. The number of ketones is 1. The molecule has 1 aliphatic rings. The fraction of sp³-hybridized carbons (Fsp3) is 0.304. The second-order valence-corrected chi connectivity index (χ2v) is 8.57. The van der Waals surface area contributed by atoms with Crippen LogP contribution in [0.5, 0.6) is 0 Å². The molecule has 1 atom stereocenters. The zero-order chi connectivity index (χ0) is 21.5. The average molecular weight is 424 g/mol. The first-order chi connectivity index (χ1) is 14.2. The maximum atomic E-state index is 13.2. The number of benzene rings is 1. The highest BCUT2D eigenvalue weighted by Gasteiger charge is 2.39. The molecule has 1 amide bonds. The Balaban J connectivity index is 1.70. The molecule has 154 valence electrons. The van der Waals surface area contributed by atoms with Crippen LogP contribution in [-0.4, -0.2) is 32.4 Å². The molecule has 2 aromatic heterocycles. The van der Waals surface area contributed by atoms with E-state index in [4.69, 9.17) is 11.6 Å². The predicted octanol–water partition coefficient (Wildman–Crippen LogP) is 4.50. The number of halogens is 1. The lowest BCUT2D eigenvalue weighted by Gasteiger charge is -2.25. The molecule has 0 unspecified atom stereocenters. The van der Waals surface area contributed by atoms with E-state index in [1.165, 1.54) is 0 Å². The lowest BCUT2D eigenvalue weighted by molar-refractivity contribution is -0.120. The summed E-state index contributed by atoms with van der Waals surface area (Å²) in [5, 5.41) is 11.1. The van der Waals surface area contributed by atoms with Gasteiger partial charge in [0.2, 0.25) is 0 Å². The van der Waals surface area contributed by atoms with E-state index < -0.39 is 11.6 Å². The monoisotopic (exact) mass is 423 g/mol. The van der Waals surface area contributed by atoms with Crippen LogP contribution in [0.3, 0.4) is 0 Å². The largest absolute Gasteiger partial charge is 0.390 e. The van der Waals surface area contributed by atoms with Crippen LogP contribution in [-0.2, 0) is 4.79 Å². The topological polar surface area (TPSA) is 83.4 Å². The molecule has 0 bridgehead atoms. The van der Waals surface area contributed by atoms with E-state index >= 15 is 0 Å². The molecule has 0 fully saturated rings. The van der Waals surface area contributed by atoms with Crippen molar-refractivity contribution in [1.82, 2.24) is 9.97 Å². The summed E-state index contributed by atoms with van der Waals surface area (Å²) in [6.07, 6.45) is 0.763. The van der Waals surface area contributed by atoms with Crippen molar-refractivity contribution >= 4 is 40.1 Å². The van der Waals surface area contributed by atoms with E-state index in [2.05, 4.69) is 9.97 Å². The van der Waals surface area contributed by atoms with Gasteiger partial charge in [0, 0.05) is 23.8 Å². The zero-order valence-electron chi connectivity index (χ0n) is 16.8. The number of hydrogen-bond acceptors (Lipinski definition) is 5. The highest BCUT2D eigenvalue weighted by atomic mass is 35.5. The van der Waals surface area contributed by atoms with Crippen LogP contribution in [0.15, 0.2) is 48.5 Å². The zero-order valence-corrected chi connectivity index (χ0v) is 17.6. The van der Waals surface area contributed by atoms with Crippen LogP contribution in [0.1, 0.15) is 55.1 Å². The summed E-state index contributed by atoms with van der Waals surface area (Å²) in [6, 6.07) is 14.0. The summed E-state index contributed by atoms with van der Waals surface area (Å²) in [5.41, 5.74) is 0.901. The first kappa shape index (κ1) is 20.4. The van der Waals surface area contributed by atoms with E-state index in [0.29, 0.717) is 28.6 Å². The number of nitrogens with zero attached hydrogens (tertiary/aromatic N) is 3. The molecule has 0 radical (unpaired) electrons. The van der Waals surface area contributed by atoms with Crippen molar-refractivity contribution in [2.75, 3.05) is 4.90 Å². The average Bonchev–Trinajstić information content (AvgIpc) is 2.97. The molecule has 1 aromatic carbocycles. The number of pyridine rings is 2. The third-order valence-corrected chi connectivity index (χ3v) is 5.48. The van der Waals surface area contributed by atoms with E-state index in [1.807, 2.05) is 30.3 Å². The van der Waals surface area contributed by atoms with E-state index in [1.54, 1.807) is 36.9 Å². The van der Waals surface area contributed by atoms with Gasteiger partial charge in [-0.2, -0.15) is 0 Å². The van der Waals surface area contributed by atoms with Gasteiger partial charge in [0.15, 0.2) is 5.65 Å². The van der Waals surface area contributed by atoms with Crippen LogP contribution in [0, 0.1) is 0 Å². The first-order valence-corrected chi connectivity index (χ1v) is 10.2. The molecule has 7 heteroatoms. The smallest absolute Gasteiger partial charge is 0.260 e. The molecule has 30 heavy (non-hydrogen) atoms. The minimum absolute atomic E-state index is 0.0152. The second kappa shape index (κ2) is 7.78. The van der Waals surface area contributed by atoms with Crippen molar-refractivity contribution in [2.24, 2.45) is 0 Å². The van der Waals surface area contributed by atoms with Gasteiger partial charge in [-0.15, -0.1) is 0 Å². The van der Waals surface area contributed by atoms with Crippen LogP contribution in [0.2, 0.25) is 5.15 Å². The van der Waals surface area contributed by atoms with Gasteiger partial charge in [-0.3, -0.25) is 14.5 Å². The molecule has 1 N–H and O–H groups in total. The lowest BCUT2D eigenvalue weighted by atomic mass is 9.95. The maximum Gasteiger partial charge on any atom is 0.260 e. The number of anilines is 1. The summed E-state index contributed by atoms with van der Waals surface area (Å²) in [7, 11) is 0. The molecule has 6 nitrogen and oxygen atoms in total. The first-order valence-electron chi connectivity index (χ1n) is 9.83. The summed E-state index contributed by atoms with van der Waals surface area (Å²) in [4.78, 5) is 36.3. The van der Waals surface area contributed by atoms with Crippen molar-refractivity contribution in [2.45, 2.75) is 44.8 Å². The number of fused-ring (bicyclic) bond motifs is 2. The van der Waals surface area contributed by atoms with Crippen LogP contribution >= 0.6 is 11.6 Å². The Morgan fingerprint density at radius 1 is 1.13 bits per heavy atom. The quantitative estimate of drug-likeness (QED) is 0.590.